The van der Waals surface area contributed by atoms with Crippen LogP contribution in [0.4, 0.5) is 0 Å². The summed E-state index contributed by atoms with van der Waals surface area (Å²) in [6.07, 6.45) is 5.46. The number of hydrogen-bond donors (Lipinski definition) is 3. The van der Waals surface area contributed by atoms with Gasteiger partial charge in [0.2, 0.25) is 0 Å². The second kappa shape index (κ2) is 15.6. The van der Waals surface area contributed by atoms with Gasteiger partial charge in [0.15, 0.2) is 0 Å². The fraction of sp³-hybridized carbons (Fsp3) is 0.767. The van der Waals surface area contributed by atoms with Crippen LogP contribution in [0.25, 0.3) is 0 Å². The number of aliphatic imine (C=N–C) groups is 1. The maximum atomic E-state index is 13.4. The van der Waals surface area contributed by atoms with Gasteiger partial charge in [-0.05, 0) is 44.1 Å². The van der Waals surface area contributed by atoms with Gasteiger partial charge in [0.25, 0.3) is 0 Å². The molecule has 10 heteroatoms. The van der Waals surface area contributed by atoms with E-state index in [1.54, 1.807) is 20.8 Å². The van der Waals surface area contributed by atoms with Crippen LogP contribution in [0.5, 0.6) is 0 Å². The first-order chi connectivity index (χ1) is 18.9. The zero-order valence-corrected chi connectivity index (χ0v) is 27.0. The van der Waals surface area contributed by atoms with Crippen LogP contribution in [-0.4, -0.2) is 84.9 Å². The summed E-state index contributed by atoms with van der Waals surface area (Å²) in [5, 5.41) is 32.1. The number of ether oxygens (including phenoxy) is 1. The van der Waals surface area contributed by atoms with Crippen molar-refractivity contribution in [1.29, 1.82) is 0 Å². The number of carbonyl (C=O) groups is 2. The standard InChI is InChI=1S/C30H47NO6S3/c1-18-7-6-8-21(14-27-38-11-12-39-27)9-10-23(19(2)13-22-17-40-25(16-32)31-22)37-26(34)15-24(33)30(4,5)29(36)20(3)28(18)35/h9,13,18,20,22-24,27-28,32-33,35H,6-8,10-12,14-17H2,1-5H3/b19-13+,21-9+/t18?,20-,22?,23+,24+,28?/m1/s1. The van der Waals surface area contributed by atoms with Crippen LogP contribution in [0.2, 0.25) is 0 Å². The maximum absolute atomic E-state index is 13.4. The summed E-state index contributed by atoms with van der Waals surface area (Å²) >= 11 is 5.52. The lowest BCUT2D eigenvalue weighted by molar-refractivity contribution is -0.154. The number of cyclic esters (lactones) is 1. The van der Waals surface area contributed by atoms with Crippen LogP contribution in [0, 0.1) is 17.3 Å². The molecule has 3 unspecified atom stereocenters. The molecule has 3 heterocycles. The maximum Gasteiger partial charge on any atom is 0.309 e. The minimum atomic E-state index is -1.24. The number of hydrogen-bond acceptors (Lipinski definition) is 10. The predicted octanol–water partition coefficient (Wildman–Crippen LogP) is 5.03. The Morgan fingerprint density at radius 2 is 1.90 bits per heavy atom. The molecule has 0 aromatic rings. The fourth-order valence-corrected chi connectivity index (χ4v) is 9.25. The van der Waals surface area contributed by atoms with Gasteiger partial charge in [-0.15, -0.1) is 35.3 Å². The number of allylic oxidation sites excluding steroid dienone is 1. The Balaban J connectivity index is 1.89. The van der Waals surface area contributed by atoms with Gasteiger partial charge in [-0.25, -0.2) is 0 Å². The highest BCUT2D eigenvalue weighted by molar-refractivity contribution is 8.20. The van der Waals surface area contributed by atoms with Crippen molar-refractivity contribution in [2.45, 2.75) is 102 Å². The summed E-state index contributed by atoms with van der Waals surface area (Å²) in [6, 6.07) is -0.0857. The van der Waals surface area contributed by atoms with Gasteiger partial charge >= 0.3 is 5.97 Å². The molecular weight excluding hydrogens is 567 g/mol. The molecule has 0 spiro atoms. The van der Waals surface area contributed by atoms with Crippen molar-refractivity contribution in [1.82, 2.24) is 0 Å². The van der Waals surface area contributed by atoms with Crippen LogP contribution in [-0.2, 0) is 14.3 Å². The van der Waals surface area contributed by atoms with Crippen molar-refractivity contribution in [3.8, 4) is 0 Å². The predicted molar refractivity (Wildman–Crippen MR) is 168 cm³/mol. The fourth-order valence-electron chi connectivity index (χ4n) is 5.49. The van der Waals surface area contributed by atoms with E-state index in [1.807, 2.05) is 43.4 Å². The number of esters is 1. The number of nitrogens with zero attached hydrogens (tertiary/aromatic N) is 1. The van der Waals surface area contributed by atoms with E-state index in [1.165, 1.54) is 17.3 Å². The average Bonchev–Trinajstić information content (AvgIpc) is 3.60. The van der Waals surface area contributed by atoms with E-state index >= 15 is 0 Å². The quantitative estimate of drug-likeness (QED) is 0.290. The monoisotopic (exact) mass is 613 g/mol. The highest BCUT2D eigenvalue weighted by atomic mass is 32.2. The summed E-state index contributed by atoms with van der Waals surface area (Å²) in [5.74, 6) is 1.53. The molecule has 0 aromatic carbocycles. The van der Waals surface area contributed by atoms with Crippen molar-refractivity contribution >= 4 is 52.1 Å². The van der Waals surface area contributed by atoms with Gasteiger partial charge in [0.1, 0.15) is 11.9 Å². The van der Waals surface area contributed by atoms with Gasteiger partial charge in [-0.3, -0.25) is 14.6 Å². The van der Waals surface area contributed by atoms with E-state index in [9.17, 15) is 24.9 Å². The van der Waals surface area contributed by atoms with Gasteiger partial charge < -0.3 is 20.1 Å². The van der Waals surface area contributed by atoms with Gasteiger partial charge in [-0.1, -0.05) is 45.4 Å². The second-order valence-electron chi connectivity index (χ2n) is 11.9. The first-order valence-electron chi connectivity index (χ1n) is 14.4. The molecule has 226 valence electrons. The minimum absolute atomic E-state index is 0.0622. The third kappa shape index (κ3) is 9.36. The molecule has 0 radical (unpaired) electrons. The summed E-state index contributed by atoms with van der Waals surface area (Å²) in [7, 11) is 0. The molecule has 7 nitrogen and oxygen atoms in total. The molecule has 0 saturated carbocycles. The van der Waals surface area contributed by atoms with Crippen molar-refractivity contribution in [3.05, 3.63) is 23.3 Å². The molecule has 0 aromatic heterocycles. The zero-order valence-electron chi connectivity index (χ0n) is 24.5. The second-order valence-corrected chi connectivity index (χ2v) is 15.9. The van der Waals surface area contributed by atoms with Gasteiger partial charge in [-0.2, -0.15) is 0 Å². The number of ketones is 1. The Morgan fingerprint density at radius 1 is 1.20 bits per heavy atom. The van der Waals surface area contributed by atoms with Crippen LogP contribution >= 0.6 is 35.3 Å². The van der Waals surface area contributed by atoms with E-state index in [0.29, 0.717) is 16.0 Å². The molecule has 3 rings (SSSR count). The lowest BCUT2D eigenvalue weighted by Gasteiger charge is -2.34. The van der Waals surface area contributed by atoms with Crippen molar-refractivity contribution in [2.75, 3.05) is 23.9 Å². The van der Waals surface area contributed by atoms with Crippen LogP contribution in [0.1, 0.15) is 73.1 Å². The first-order valence-corrected chi connectivity index (χ1v) is 17.5. The van der Waals surface area contributed by atoms with Crippen molar-refractivity contribution in [2.24, 2.45) is 22.2 Å². The van der Waals surface area contributed by atoms with Crippen LogP contribution in [0.3, 0.4) is 0 Å². The average molecular weight is 614 g/mol. The summed E-state index contributed by atoms with van der Waals surface area (Å²) in [6.45, 7) is 8.84. The molecule has 3 aliphatic heterocycles. The number of rotatable bonds is 5. The van der Waals surface area contributed by atoms with E-state index in [0.717, 1.165) is 48.5 Å². The topological polar surface area (TPSA) is 116 Å². The Kier molecular flexibility index (Phi) is 13.2. The van der Waals surface area contributed by atoms with Crippen molar-refractivity contribution in [3.63, 3.8) is 0 Å². The summed E-state index contributed by atoms with van der Waals surface area (Å²) in [4.78, 5) is 31.0. The first kappa shape index (κ1) is 33.7. The van der Waals surface area contributed by atoms with Gasteiger partial charge in [0.05, 0.1) is 46.3 Å². The lowest BCUT2D eigenvalue weighted by atomic mass is 9.73. The van der Waals surface area contributed by atoms with Crippen molar-refractivity contribution < 1.29 is 29.6 Å². The van der Waals surface area contributed by atoms with E-state index in [2.05, 4.69) is 11.1 Å². The van der Waals surface area contributed by atoms with Crippen LogP contribution < -0.4 is 0 Å². The molecule has 6 atom stereocenters. The Labute approximate surface area is 252 Å². The molecule has 1 fully saturated rings. The molecule has 0 amide bonds. The highest BCUT2D eigenvalue weighted by Gasteiger charge is 2.42. The molecule has 3 aliphatic rings. The molecule has 0 aliphatic carbocycles. The van der Waals surface area contributed by atoms with Gasteiger partial charge in [0, 0.05) is 29.6 Å². The Bertz CT molecular complexity index is 974. The zero-order chi connectivity index (χ0) is 29.4. The molecule has 3 N–H and O–H groups in total. The van der Waals surface area contributed by atoms with E-state index < -0.39 is 35.6 Å². The SMILES string of the molecule is C/C(=C\C1CSC(CO)=N1)[C@@H]1C/C=C(/CC2SCCS2)CCCC(C)C(O)[C@@H](C)C(=O)C(C)(C)[C@@H](O)CC(=O)O1. The molecule has 1 saturated heterocycles. The summed E-state index contributed by atoms with van der Waals surface area (Å²) < 4.78 is 6.49. The van der Waals surface area contributed by atoms with E-state index in [4.69, 9.17) is 4.74 Å². The Morgan fingerprint density at radius 3 is 2.55 bits per heavy atom. The number of carbonyl (C=O) groups excluding carboxylic acids is 2. The number of Topliss-reactive ketones (excluding diaryl/α,β-unsaturated/α-hetero) is 1. The van der Waals surface area contributed by atoms with E-state index in [-0.39, 0.29) is 30.8 Å². The number of thioether (sulfide) groups is 3. The third-order valence-corrected chi connectivity index (χ3v) is 12.4. The summed E-state index contributed by atoms with van der Waals surface area (Å²) in [5.41, 5.74) is 1.01. The molecular formula is C30H47NO6S3. The lowest BCUT2D eigenvalue weighted by Crippen LogP contribution is -2.45. The number of aliphatic hydroxyl groups is 3. The smallest absolute Gasteiger partial charge is 0.309 e. The highest BCUT2D eigenvalue weighted by Crippen LogP contribution is 2.38. The minimum Gasteiger partial charge on any atom is -0.457 e. The molecule has 40 heavy (non-hydrogen) atoms. The number of aliphatic hydroxyl groups excluding tert-OH is 3. The normalized spacial score (nSPS) is 35.2. The molecule has 0 bridgehead atoms. The third-order valence-electron chi connectivity index (χ3n) is 8.34. The largest absolute Gasteiger partial charge is 0.457 e. The van der Waals surface area contributed by atoms with Crippen LogP contribution in [0.15, 0.2) is 28.3 Å². The Hall–Kier alpha value is -0.780.